The molecule has 1 unspecified atom stereocenters. The first kappa shape index (κ1) is 16.2. The Morgan fingerprint density at radius 1 is 1.48 bits per heavy atom. The van der Waals surface area contributed by atoms with E-state index in [0.29, 0.717) is 18.2 Å². The minimum atomic E-state index is -3.69. The largest absolute Gasteiger partial charge is 0.377 e. The molecule has 1 aliphatic carbocycles. The molecule has 0 saturated heterocycles. The Morgan fingerprint density at radius 2 is 2.22 bits per heavy atom. The van der Waals surface area contributed by atoms with E-state index in [1.54, 1.807) is 12.3 Å². The molecule has 0 radical (unpaired) electrons. The van der Waals surface area contributed by atoms with Crippen LogP contribution in [0.1, 0.15) is 25.3 Å². The van der Waals surface area contributed by atoms with Gasteiger partial charge in [-0.15, -0.1) is 0 Å². The van der Waals surface area contributed by atoms with E-state index >= 15 is 0 Å². The second-order valence-electron chi connectivity index (χ2n) is 5.99. The lowest BCUT2D eigenvalue weighted by molar-refractivity contribution is -0.115. The minimum Gasteiger partial charge on any atom is -0.377 e. The summed E-state index contributed by atoms with van der Waals surface area (Å²) in [5.74, 6) is 0.119. The van der Waals surface area contributed by atoms with Gasteiger partial charge in [-0.05, 0) is 44.2 Å². The van der Waals surface area contributed by atoms with Gasteiger partial charge in [-0.2, -0.15) is 0 Å². The van der Waals surface area contributed by atoms with Gasteiger partial charge in [-0.1, -0.05) is 0 Å². The van der Waals surface area contributed by atoms with E-state index in [4.69, 9.17) is 4.74 Å². The molecule has 2 aliphatic rings. The standard InChI is InChI=1S/C15H21N3O4S/c1-3-22-12(11-4-5-11)9-23(20,21)18-8-13(19)17-14-10(2)6-7-16-15(14)18/h6-7,11-12H,3-5,8-9H2,1-2H3,(H,17,19). The lowest BCUT2D eigenvalue weighted by Crippen LogP contribution is -2.46. The summed E-state index contributed by atoms with van der Waals surface area (Å²) in [5, 5.41) is 2.71. The fourth-order valence-electron chi connectivity index (χ4n) is 2.80. The quantitative estimate of drug-likeness (QED) is 0.844. The highest BCUT2D eigenvalue weighted by Gasteiger charge is 2.39. The van der Waals surface area contributed by atoms with E-state index in [0.717, 1.165) is 22.7 Å². The average Bonchev–Trinajstić information content (AvgIpc) is 3.31. The lowest BCUT2D eigenvalue weighted by atomic mass is 10.2. The Hall–Kier alpha value is -1.67. The molecule has 1 aromatic heterocycles. The minimum absolute atomic E-state index is 0.117. The summed E-state index contributed by atoms with van der Waals surface area (Å²) >= 11 is 0. The maximum Gasteiger partial charge on any atom is 0.245 e. The molecule has 126 valence electrons. The normalized spacial score (nSPS) is 19.2. The molecule has 1 amide bonds. The smallest absolute Gasteiger partial charge is 0.245 e. The van der Waals surface area contributed by atoms with Crippen LogP contribution in [0, 0.1) is 12.8 Å². The summed E-state index contributed by atoms with van der Waals surface area (Å²) in [6.07, 6.45) is 3.22. The number of ether oxygens (including phenoxy) is 1. The van der Waals surface area contributed by atoms with Crippen molar-refractivity contribution >= 4 is 27.4 Å². The van der Waals surface area contributed by atoms with Gasteiger partial charge < -0.3 is 10.1 Å². The lowest BCUT2D eigenvalue weighted by Gasteiger charge is -2.31. The molecule has 8 heteroatoms. The van der Waals surface area contributed by atoms with Crippen LogP contribution in [0.2, 0.25) is 0 Å². The van der Waals surface area contributed by atoms with E-state index in [2.05, 4.69) is 10.3 Å². The highest BCUT2D eigenvalue weighted by Crippen LogP contribution is 2.37. The molecule has 7 nitrogen and oxygen atoms in total. The Labute approximate surface area is 136 Å². The van der Waals surface area contributed by atoms with Crippen molar-refractivity contribution in [3.63, 3.8) is 0 Å². The average molecular weight is 339 g/mol. The number of aromatic nitrogens is 1. The summed E-state index contributed by atoms with van der Waals surface area (Å²) in [7, 11) is -3.69. The van der Waals surface area contributed by atoms with E-state index in [9.17, 15) is 13.2 Å². The van der Waals surface area contributed by atoms with Crippen LogP contribution in [-0.4, -0.2) is 44.3 Å². The van der Waals surface area contributed by atoms with Gasteiger partial charge in [0.25, 0.3) is 0 Å². The number of pyridine rings is 1. The number of carbonyl (C=O) groups is 1. The number of hydrogen-bond donors (Lipinski definition) is 1. The maximum absolute atomic E-state index is 12.8. The van der Waals surface area contributed by atoms with Gasteiger partial charge in [0.05, 0.1) is 17.5 Å². The number of nitrogens with zero attached hydrogens (tertiary/aromatic N) is 2. The highest BCUT2D eigenvalue weighted by atomic mass is 32.2. The Kier molecular flexibility index (Phi) is 4.29. The van der Waals surface area contributed by atoms with Crippen molar-refractivity contribution < 1.29 is 17.9 Å². The zero-order valence-electron chi connectivity index (χ0n) is 13.3. The summed E-state index contributed by atoms with van der Waals surface area (Å²) in [6.45, 7) is 3.90. The van der Waals surface area contributed by atoms with Crippen molar-refractivity contribution in [2.45, 2.75) is 32.8 Å². The monoisotopic (exact) mass is 339 g/mol. The van der Waals surface area contributed by atoms with Crippen molar-refractivity contribution in [2.75, 3.05) is 28.5 Å². The topological polar surface area (TPSA) is 88.6 Å². The van der Waals surface area contributed by atoms with Crippen LogP contribution < -0.4 is 9.62 Å². The van der Waals surface area contributed by atoms with Gasteiger partial charge in [0.15, 0.2) is 5.82 Å². The molecular weight excluding hydrogens is 318 g/mol. The molecule has 1 N–H and O–H groups in total. The zero-order chi connectivity index (χ0) is 16.6. The second-order valence-corrected chi connectivity index (χ2v) is 7.93. The van der Waals surface area contributed by atoms with Crippen LogP contribution in [0.25, 0.3) is 0 Å². The number of aryl methyl sites for hydroxylation is 1. The van der Waals surface area contributed by atoms with E-state index in [1.807, 2.05) is 13.8 Å². The number of carbonyl (C=O) groups excluding carboxylic acids is 1. The predicted molar refractivity (Wildman–Crippen MR) is 86.9 cm³/mol. The van der Waals surface area contributed by atoms with Crippen LogP contribution in [0.3, 0.4) is 0 Å². The second kappa shape index (κ2) is 6.09. The Balaban J connectivity index is 1.91. The number of hydrogen-bond acceptors (Lipinski definition) is 5. The first-order chi connectivity index (χ1) is 10.9. The molecular formula is C15H21N3O4S. The van der Waals surface area contributed by atoms with Crippen molar-refractivity contribution in [2.24, 2.45) is 5.92 Å². The van der Waals surface area contributed by atoms with Gasteiger partial charge in [-0.25, -0.2) is 17.7 Å². The van der Waals surface area contributed by atoms with Crippen molar-refractivity contribution in [1.29, 1.82) is 0 Å². The SMILES string of the molecule is CCOC(CS(=O)(=O)N1CC(=O)Nc2c(C)ccnc21)C1CC1. The number of sulfonamides is 1. The van der Waals surface area contributed by atoms with Crippen molar-refractivity contribution in [3.05, 3.63) is 17.8 Å². The van der Waals surface area contributed by atoms with Gasteiger partial charge in [0.2, 0.25) is 15.9 Å². The summed E-state index contributed by atoms with van der Waals surface area (Å²) in [5.41, 5.74) is 1.25. The van der Waals surface area contributed by atoms with Crippen LogP contribution in [0.5, 0.6) is 0 Å². The summed E-state index contributed by atoms with van der Waals surface area (Å²) in [6, 6.07) is 1.74. The molecule has 0 spiro atoms. The Bertz CT molecular complexity index is 715. The van der Waals surface area contributed by atoms with Gasteiger partial charge in [0, 0.05) is 12.8 Å². The number of fused-ring (bicyclic) bond motifs is 1. The third-order valence-electron chi connectivity index (χ3n) is 4.17. The van der Waals surface area contributed by atoms with Crippen molar-refractivity contribution in [1.82, 2.24) is 4.98 Å². The van der Waals surface area contributed by atoms with Gasteiger partial charge >= 0.3 is 0 Å². The number of amides is 1. The van der Waals surface area contributed by atoms with E-state index in [-0.39, 0.29) is 30.1 Å². The maximum atomic E-state index is 12.8. The molecule has 1 aliphatic heterocycles. The van der Waals surface area contributed by atoms with Crippen LogP contribution >= 0.6 is 0 Å². The van der Waals surface area contributed by atoms with Gasteiger partial charge in [0.1, 0.15) is 6.54 Å². The van der Waals surface area contributed by atoms with E-state index in [1.165, 1.54) is 0 Å². The molecule has 3 rings (SSSR count). The molecule has 23 heavy (non-hydrogen) atoms. The van der Waals surface area contributed by atoms with E-state index < -0.39 is 10.0 Å². The number of rotatable bonds is 6. The van der Waals surface area contributed by atoms with Gasteiger partial charge in [-0.3, -0.25) is 4.79 Å². The molecule has 0 aromatic carbocycles. The molecule has 1 fully saturated rings. The summed E-state index contributed by atoms with van der Waals surface area (Å²) < 4.78 is 32.4. The van der Waals surface area contributed by atoms with Crippen LogP contribution in [-0.2, 0) is 19.6 Å². The third kappa shape index (κ3) is 3.32. The third-order valence-corrected chi connectivity index (χ3v) is 5.89. The summed E-state index contributed by atoms with van der Waals surface area (Å²) in [4.78, 5) is 16.1. The molecule has 1 saturated carbocycles. The zero-order valence-corrected chi connectivity index (χ0v) is 14.1. The molecule has 1 aromatic rings. The van der Waals surface area contributed by atoms with Crippen LogP contribution in [0.15, 0.2) is 12.3 Å². The highest BCUT2D eigenvalue weighted by molar-refractivity contribution is 7.92. The molecule has 2 heterocycles. The number of nitrogens with one attached hydrogen (secondary N) is 1. The van der Waals surface area contributed by atoms with Crippen molar-refractivity contribution in [3.8, 4) is 0 Å². The Morgan fingerprint density at radius 3 is 2.87 bits per heavy atom. The molecule has 1 atom stereocenters. The fraction of sp³-hybridized carbons (Fsp3) is 0.600. The number of anilines is 2. The fourth-order valence-corrected chi connectivity index (χ4v) is 4.48. The first-order valence-electron chi connectivity index (χ1n) is 7.80. The first-order valence-corrected chi connectivity index (χ1v) is 9.40. The predicted octanol–water partition coefficient (Wildman–Crippen LogP) is 1.29. The molecule has 0 bridgehead atoms. The van der Waals surface area contributed by atoms with Crippen LogP contribution in [0.4, 0.5) is 11.5 Å².